The number of aryl methyl sites for hydroxylation is 1. The lowest BCUT2D eigenvalue weighted by molar-refractivity contribution is -0.432. The second kappa shape index (κ2) is 11.0. The summed E-state index contributed by atoms with van der Waals surface area (Å²) in [6.07, 6.45) is 2.29. The molecule has 0 bridgehead atoms. The van der Waals surface area contributed by atoms with Crippen LogP contribution in [0.25, 0.3) is 0 Å². The van der Waals surface area contributed by atoms with Crippen LogP contribution in [0.4, 0.5) is 5.13 Å². The minimum Gasteiger partial charge on any atom is -0.370 e. The molecule has 0 radical (unpaired) electrons. The summed E-state index contributed by atoms with van der Waals surface area (Å²) in [4.78, 5) is 19.9. The number of thiazole rings is 1. The van der Waals surface area contributed by atoms with Crippen LogP contribution >= 0.6 is 23.3 Å². The maximum Gasteiger partial charge on any atom is 0.287 e. The molecule has 9 nitrogen and oxygen atoms in total. The van der Waals surface area contributed by atoms with Gasteiger partial charge in [0.15, 0.2) is 11.8 Å². The Morgan fingerprint density at radius 2 is 2.19 bits per heavy atom. The lowest BCUT2D eigenvalue weighted by Crippen LogP contribution is -2.38. The van der Waals surface area contributed by atoms with Gasteiger partial charge in [-0.3, -0.25) is 14.4 Å². The van der Waals surface area contributed by atoms with E-state index >= 15 is 0 Å². The van der Waals surface area contributed by atoms with E-state index in [1.807, 2.05) is 34.8 Å². The van der Waals surface area contributed by atoms with Crippen LogP contribution in [0.15, 0.2) is 52.2 Å². The molecule has 5 N–H and O–H groups in total. The Hall–Kier alpha value is -2.79. The molecule has 1 unspecified atom stereocenters. The van der Waals surface area contributed by atoms with Crippen molar-refractivity contribution < 1.29 is 4.92 Å². The molecule has 1 atom stereocenters. The fraction of sp³-hybridized carbons (Fsp3) is 0.400. The summed E-state index contributed by atoms with van der Waals surface area (Å²) in [7, 11) is 0. The van der Waals surface area contributed by atoms with Gasteiger partial charge in [-0.25, -0.2) is 4.98 Å². The summed E-state index contributed by atoms with van der Waals surface area (Å²) >= 11 is 2.84. The first-order valence-corrected chi connectivity index (χ1v) is 11.9. The zero-order valence-electron chi connectivity index (χ0n) is 17.4. The van der Waals surface area contributed by atoms with Gasteiger partial charge >= 0.3 is 0 Å². The predicted molar refractivity (Wildman–Crippen MR) is 126 cm³/mol. The second-order valence-corrected chi connectivity index (χ2v) is 8.98. The Bertz CT molecular complexity index is 942. The van der Waals surface area contributed by atoms with Crippen molar-refractivity contribution in [2.45, 2.75) is 31.9 Å². The van der Waals surface area contributed by atoms with Crippen LogP contribution in [0.3, 0.4) is 0 Å². The van der Waals surface area contributed by atoms with E-state index in [2.05, 4.69) is 27.4 Å². The molecule has 0 saturated heterocycles. The quantitative estimate of drug-likeness (QED) is 0.161. The van der Waals surface area contributed by atoms with Gasteiger partial charge in [-0.2, -0.15) is 4.99 Å². The zero-order valence-corrected chi connectivity index (χ0v) is 19.0. The zero-order chi connectivity index (χ0) is 22.2. The highest BCUT2D eigenvalue weighted by Crippen LogP contribution is 2.31. The van der Waals surface area contributed by atoms with Crippen LogP contribution < -0.4 is 16.8 Å². The SMILES string of the molecule is CCN(SCc1csc(N=C(N)N)n1)C1=C([N+](=O)[O-])CC(CCc2ccccc2)CN1. The van der Waals surface area contributed by atoms with Gasteiger partial charge in [0.25, 0.3) is 5.70 Å². The van der Waals surface area contributed by atoms with Gasteiger partial charge in [0.1, 0.15) is 0 Å². The highest BCUT2D eigenvalue weighted by Gasteiger charge is 2.31. The van der Waals surface area contributed by atoms with Crippen LogP contribution in [-0.4, -0.2) is 33.3 Å². The lowest BCUT2D eigenvalue weighted by atomic mass is 9.93. The number of aromatic nitrogens is 1. The fourth-order valence-electron chi connectivity index (χ4n) is 3.38. The molecular formula is C20H27N7O2S2. The fourth-order valence-corrected chi connectivity index (χ4v) is 5.11. The van der Waals surface area contributed by atoms with E-state index in [0.717, 1.165) is 25.1 Å². The van der Waals surface area contributed by atoms with E-state index in [-0.39, 0.29) is 22.5 Å². The van der Waals surface area contributed by atoms with Crippen molar-refractivity contribution in [1.82, 2.24) is 14.6 Å². The number of allylic oxidation sites excluding steroid dienone is 1. The Balaban J connectivity index is 1.64. The monoisotopic (exact) mass is 461 g/mol. The van der Waals surface area contributed by atoms with Gasteiger partial charge in [0, 0.05) is 24.9 Å². The summed E-state index contributed by atoms with van der Waals surface area (Å²) in [5.41, 5.74) is 13.1. The van der Waals surface area contributed by atoms with Crippen LogP contribution in [0, 0.1) is 16.0 Å². The summed E-state index contributed by atoms with van der Waals surface area (Å²) in [5, 5.41) is 17.5. The summed E-state index contributed by atoms with van der Waals surface area (Å²) in [6, 6.07) is 10.2. The molecule has 166 valence electrons. The topological polar surface area (TPSA) is 136 Å². The number of hydrogen-bond acceptors (Lipinski definition) is 8. The molecule has 0 fully saturated rings. The van der Waals surface area contributed by atoms with Crippen LogP contribution in [0.5, 0.6) is 0 Å². The molecule has 2 heterocycles. The van der Waals surface area contributed by atoms with E-state index < -0.39 is 0 Å². The lowest BCUT2D eigenvalue weighted by Gasteiger charge is -2.30. The number of rotatable bonds is 10. The first-order valence-electron chi connectivity index (χ1n) is 10.1. The van der Waals surface area contributed by atoms with E-state index in [1.165, 1.54) is 28.8 Å². The average molecular weight is 462 g/mol. The first kappa shape index (κ1) is 22.9. The minimum absolute atomic E-state index is 0.0299. The Labute approximate surface area is 189 Å². The number of nitrogens with zero attached hydrogens (tertiary/aromatic N) is 4. The third-order valence-electron chi connectivity index (χ3n) is 4.89. The average Bonchev–Trinajstić information content (AvgIpc) is 3.20. The van der Waals surface area contributed by atoms with Crippen LogP contribution in [-0.2, 0) is 12.2 Å². The standard InChI is InChI=1S/C20H27N7O2S2/c1-2-26(31-13-16-12-30-20(24-16)25-19(21)22)18-17(27(28)29)10-15(11-23-18)9-8-14-6-4-3-5-7-14/h3-7,12,15,23H,2,8-11,13H2,1H3,(H4,21,22,24,25). The van der Waals surface area contributed by atoms with Crippen molar-refractivity contribution >= 4 is 34.4 Å². The highest BCUT2D eigenvalue weighted by molar-refractivity contribution is 7.96. The normalized spacial score (nSPS) is 16.0. The molecular weight excluding hydrogens is 434 g/mol. The van der Waals surface area contributed by atoms with Crippen molar-refractivity contribution in [1.29, 1.82) is 0 Å². The molecule has 11 heteroatoms. The van der Waals surface area contributed by atoms with E-state index in [4.69, 9.17) is 11.5 Å². The van der Waals surface area contributed by atoms with Crippen LogP contribution in [0.2, 0.25) is 0 Å². The van der Waals surface area contributed by atoms with E-state index in [1.54, 1.807) is 0 Å². The van der Waals surface area contributed by atoms with Gasteiger partial charge in [-0.1, -0.05) is 30.3 Å². The number of guanidine groups is 1. The third kappa shape index (κ3) is 6.59. The van der Waals surface area contributed by atoms with Crippen molar-refractivity contribution in [3.8, 4) is 0 Å². The molecule has 0 spiro atoms. The number of hydrogen-bond donors (Lipinski definition) is 3. The molecule has 0 amide bonds. The molecule has 31 heavy (non-hydrogen) atoms. The van der Waals surface area contributed by atoms with Crippen LogP contribution in [0.1, 0.15) is 31.0 Å². The van der Waals surface area contributed by atoms with E-state index in [0.29, 0.717) is 29.7 Å². The number of nitrogens with one attached hydrogen (secondary N) is 1. The number of nitro groups is 1. The first-order chi connectivity index (χ1) is 15.0. The Morgan fingerprint density at radius 1 is 1.42 bits per heavy atom. The molecule has 0 aliphatic carbocycles. The summed E-state index contributed by atoms with van der Waals surface area (Å²) < 4.78 is 1.94. The smallest absolute Gasteiger partial charge is 0.287 e. The van der Waals surface area contributed by atoms with E-state index in [9.17, 15) is 10.1 Å². The number of nitrogens with two attached hydrogens (primary N) is 2. The van der Waals surface area contributed by atoms with Crippen molar-refractivity contribution in [2.24, 2.45) is 22.4 Å². The van der Waals surface area contributed by atoms with Gasteiger partial charge < -0.3 is 16.8 Å². The molecule has 1 aromatic carbocycles. The number of benzene rings is 1. The maximum absolute atomic E-state index is 11.8. The van der Waals surface area contributed by atoms with Crippen molar-refractivity contribution in [2.75, 3.05) is 13.1 Å². The third-order valence-corrected chi connectivity index (χ3v) is 6.85. The molecule has 1 aliphatic rings. The second-order valence-electron chi connectivity index (χ2n) is 7.15. The van der Waals surface area contributed by atoms with Gasteiger partial charge in [-0.15, -0.1) is 11.3 Å². The van der Waals surface area contributed by atoms with Gasteiger partial charge in [0.2, 0.25) is 5.13 Å². The Kier molecular flexibility index (Phi) is 8.13. The molecule has 0 saturated carbocycles. The predicted octanol–water partition coefficient (Wildman–Crippen LogP) is 3.21. The largest absolute Gasteiger partial charge is 0.370 e. The van der Waals surface area contributed by atoms with Gasteiger partial charge in [0.05, 0.1) is 16.4 Å². The summed E-state index contributed by atoms with van der Waals surface area (Å²) in [5.74, 6) is 1.36. The molecule has 2 aromatic rings. The minimum atomic E-state index is -0.250. The molecule has 3 rings (SSSR count). The Morgan fingerprint density at radius 3 is 2.87 bits per heavy atom. The van der Waals surface area contributed by atoms with Crippen molar-refractivity contribution in [3.63, 3.8) is 0 Å². The van der Waals surface area contributed by atoms with Gasteiger partial charge in [-0.05, 0) is 43.2 Å². The summed E-state index contributed by atoms with van der Waals surface area (Å²) in [6.45, 7) is 3.33. The van der Waals surface area contributed by atoms with Crippen molar-refractivity contribution in [3.05, 3.63) is 68.6 Å². The molecule has 1 aliphatic heterocycles. The highest BCUT2D eigenvalue weighted by atomic mass is 32.2. The molecule has 1 aromatic heterocycles. The maximum atomic E-state index is 11.8. The number of aliphatic imine (C=N–C) groups is 1.